The lowest BCUT2D eigenvalue weighted by atomic mass is 9.98. The van der Waals surface area contributed by atoms with Crippen LogP contribution in [0.5, 0.6) is 0 Å². The molecule has 0 spiro atoms. The second kappa shape index (κ2) is 7.87. The quantitative estimate of drug-likeness (QED) is 0.669. The van der Waals surface area contributed by atoms with Gasteiger partial charge in [-0.15, -0.1) is 10.2 Å². The van der Waals surface area contributed by atoms with Gasteiger partial charge in [0.1, 0.15) is 10.8 Å². The first-order valence-electron chi connectivity index (χ1n) is 9.03. The van der Waals surface area contributed by atoms with Crippen LogP contribution in [0.4, 0.5) is 4.39 Å². The predicted octanol–water partition coefficient (Wildman–Crippen LogP) is 4.24. The van der Waals surface area contributed by atoms with E-state index in [1.807, 2.05) is 4.90 Å². The van der Waals surface area contributed by atoms with E-state index >= 15 is 0 Å². The number of likely N-dealkylation sites (tertiary alicyclic amines) is 1. The van der Waals surface area contributed by atoms with Crippen LogP contribution in [-0.4, -0.2) is 34.1 Å². The van der Waals surface area contributed by atoms with Gasteiger partial charge in [-0.3, -0.25) is 4.79 Å². The molecule has 0 bridgehead atoms. The van der Waals surface area contributed by atoms with E-state index in [9.17, 15) is 9.18 Å². The minimum Gasteiger partial charge on any atom is -0.338 e. The van der Waals surface area contributed by atoms with Crippen LogP contribution in [0.25, 0.3) is 10.6 Å². The molecule has 3 aromatic rings. The SMILES string of the molecule is N#Cc1ccc(C(=O)N2CCCC(c3nnc(-c4ccccc4F)s3)C2)cc1. The zero-order valence-corrected chi connectivity index (χ0v) is 15.8. The topological polar surface area (TPSA) is 69.9 Å². The monoisotopic (exact) mass is 392 g/mol. The van der Waals surface area contributed by atoms with E-state index in [0.29, 0.717) is 34.8 Å². The Bertz CT molecular complexity index is 1040. The third kappa shape index (κ3) is 3.64. The summed E-state index contributed by atoms with van der Waals surface area (Å²) in [6.07, 6.45) is 1.80. The molecule has 0 aliphatic carbocycles. The highest BCUT2D eigenvalue weighted by atomic mass is 32.1. The Kier molecular flexibility index (Phi) is 5.13. The lowest BCUT2D eigenvalue weighted by Crippen LogP contribution is -2.39. The number of nitriles is 1. The van der Waals surface area contributed by atoms with Crippen molar-refractivity contribution in [1.82, 2.24) is 15.1 Å². The molecule has 1 aliphatic rings. The van der Waals surface area contributed by atoms with Gasteiger partial charge in [-0.1, -0.05) is 23.5 Å². The summed E-state index contributed by atoms with van der Waals surface area (Å²) >= 11 is 1.38. The van der Waals surface area contributed by atoms with E-state index < -0.39 is 0 Å². The van der Waals surface area contributed by atoms with E-state index in [1.54, 1.807) is 42.5 Å². The second-order valence-corrected chi connectivity index (χ2v) is 7.71. The Hall–Kier alpha value is -3.11. The van der Waals surface area contributed by atoms with Crippen LogP contribution in [0.1, 0.15) is 39.7 Å². The molecular formula is C21H17FN4OS. The normalized spacial score (nSPS) is 16.6. The van der Waals surface area contributed by atoms with Crippen LogP contribution in [-0.2, 0) is 0 Å². The van der Waals surface area contributed by atoms with Gasteiger partial charge in [-0.2, -0.15) is 5.26 Å². The third-order valence-corrected chi connectivity index (χ3v) is 5.98. The average molecular weight is 392 g/mol. The molecule has 1 atom stereocenters. The van der Waals surface area contributed by atoms with E-state index in [2.05, 4.69) is 16.3 Å². The Morgan fingerprint density at radius 2 is 1.96 bits per heavy atom. The second-order valence-electron chi connectivity index (χ2n) is 6.70. The van der Waals surface area contributed by atoms with E-state index in [-0.39, 0.29) is 17.6 Å². The van der Waals surface area contributed by atoms with Gasteiger partial charge in [-0.05, 0) is 49.2 Å². The summed E-state index contributed by atoms with van der Waals surface area (Å²) < 4.78 is 14.0. The first-order valence-corrected chi connectivity index (χ1v) is 9.85. The highest BCUT2D eigenvalue weighted by Gasteiger charge is 2.28. The maximum atomic E-state index is 14.0. The Morgan fingerprint density at radius 3 is 2.71 bits per heavy atom. The lowest BCUT2D eigenvalue weighted by Gasteiger charge is -2.31. The zero-order chi connectivity index (χ0) is 19.5. The zero-order valence-electron chi connectivity index (χ0n) is 15.0. The number of rotatable bonds is 3. The van der Waals surface area contributed by atoms with Crippen molar-refractivity contribution in [2.45, 2.75) is 18.8 Å². The molecule has 4 rings (SSSR count). The van der Waals surface area contributed by atoms with Crippen LogP contribution in [0, 0.1) is 17.1 Å². The van der Waals surface area contributed by atoms with Gasteiger partial charge in [-0.25, -0.2) is 4.39 Å². The van der Waals surface area contributed by atoms with Crippen molar-refractivity contribution >= 4 is 17.2 Å². The van der Waals surface area contributed by atoms with Crippen molar-refractivity contribution in [2.75, 3.05) is 13.1 Å². The molecule has 1 aliphatic heterocycles. The van der Waals surface area contributed by atoms with Crippen LogP contribution >= 0.6 is 11.3 Å². The Balaban J connectivity index is 1.50. The van der Waals surface area contributed by atoms with E-state index in [0.717, 1.165) is 17.8 Å². The number of hydrogen-bond acceptors (Lipinski definition) is 5. The fourth-order valence-corrected chi connectivity index (χ4v) is 4.37. The van der Waals surface area contributed by atoms with Crippen molar-refractivity contribution in [3.63, 3.8) is 0 Å². The molecule has 1 amide bonds. The fourth-order valence-electron chi connectivity index (χ4n) is 3.38. The molecule has 7 heteroatoms. The summed E-state index contributed by atoms with van der Waals surface area (Å²) in [6.45, 7) is 1.25. The maximum Gasteiger partial charge on any atom is 0.253 e. The summed E-state index contributed by atoms with van der Waals surface area (Å²) in [4.78, 5) is 14.6. The molecule has 2 heterocycles. The molecule has 1 fully saturated rings. The van der Waals surface area contributed by atoms with Crippen LogP contribution < -0.4 is 0 Å². The largest absolute Gasteiger partial charge is 0.338 e. The molecule has 5 nitrogen and oxygen atoms in total. The van der Waals surface area contributed by atoms with Crippen LogP contribution in [0.3, 0.4) is 0 Å². The number of carbonyl (C=O) groups excluding carboxylic acids is 1. The summed E-state index contributed by atoms with van der Waals surface area (Å²) in [5, 5.41) is 18.7. The van der Waals surface area contributed by atoms with Gasteiger partial charge < -0.3 is 4.90 Å². The molecule has 0 N–H and O–H groups in total. The minimum atomic E-state index is -0.313. The van der Waals surface area contributed by atoms with Gasteiger partial charge in [0.05, 0.1) is 11.6 Å². The average Bonchev–Trinajstić information content (AvgIpc) is 3.24. The van der Waals surface area contributed by atoms with Gasteiger partial charge in [0, 0.05) is 30.1 Å². The number of halogens is 1. The van der Waals surface area contributed by atoms with Crippen molar-refractivity contribution in [3.8, 4) is 16.6 Å². The van der Waals surface area contributed by atoms with Gasteiger partial charge in [0.25, 0.3) is 5.91 Å². The Morgan fingerprint density at radius 1 is 1.18 bits per heavy atom. The lowest BCUT2D eigenvalue weighted by molar-refractivity contribution is 0.0707. The number of carbonyl (C=O) groups is 1. The van der Waals surface area contributed by atoms with Crippen LogP contribution in [0.2, 0.25) is 0 Å². The third-order valence-electron chi connectivity index (χ3n) is 4.86. The molecule has 0 radical (unpaired) electrons. The first-order chi connectivity index (χ1) is 13.7. The summed E-state index contributed by atoms with van der Waals surface area (Å²) in [7, 11) is 0. The molecule has 1 unspecified atom stereocenters. The van der Waals surface area contributed by atoms with E-state index in [4.69, 9.17) is 5.26 Å². The maximum absolute atomic E-state index is 14.0. The summed E-state index contributed by atoms with van der Waals surface area (Å²) in [6, 6.07) is 15.3. The number of nitrogens with zero attached hydrogens (tertiary/aromatic N) is 4. The smallest absolute Gasteiger partial charge is 0.253 e. The summed E-state index contributed by atoms with van der Waals surface area (Å²) in [5.74, 6) is -0.270. The van der Waals surface area contributed by atoms with Gasteiger partial charge >= 0.3 is 0 Å². The predicted molar refractivity (Wildman–Crippen MR) is 104 cm³/mol. The van der Waals surface area contributed by atoms with Crippen molar-refractivity contribution < 1.29 is 9.18 Å². The molecule has 0 saturated carbocycles. The molecule has 1 aromatic heterocycles. The van der Waals surface area contributed by atoms with Crippen molar-refractivity contribution in [1.29, 1.82) is 5.26 Å². The number of amides is 1. The minimum absolute atomic E-state index is 0.0481. The highest BCUT2D eigenvalue weighted by molar-refractivity contribution is 7.14. The number of aromatic nitrogens is 2. The molecule has 2 aromatic carbocycles. The molecule has 1 saturated heterocycles. The van der Waals surface area contributed by atoms with E-state index in [1.165, 1.54) is 17.4 Å². The molecule has 140 valence electrons. The number of hydrogen-bond donors (Lipinski definition) is 0. The van der Waals surface area contributed by atoms with Gasteiger partial charge in [0.2, 0.25) is 0 Å². The van der Waals surface area contributed by atoms with Gasteiger partial charge in [0.15, 0.2) is 5.01 Å². The van der Waals surface area contributed by atoms with Crippen LogP contribution in [0.15, 0.2) is 48.5 Å². The molecule has 28 heavy (non-hydrogen) atoms. The first kappa shape index (κ1) is 18.3. The highest BCUT2D eigenvalue weighted by Crippen LogP contribution is 2.33. The standard InChI is InChI=1S/C21H17FN4OS/c22-18-6-2-1-5-17(18)20-25-24-19(28-20)16-4-3-11-26(13-16)21(27)15-9-7-14(12-23)8-10-15/h1-2,5-10,16H,3-4,11,13H2. The number of piperidine rings is 1. The Labute approximate surface area is 166 Å². The van der Waals surface area contributed by atoms with Crippen molar-refractivity contribution in [2.24, 2.45) is 0 Å². The number of benzene rings is 2. The summed E-state index contributed by atoms with van der Waals surface area (Å²) in [5.41, 5.74) is 1.55. The van der Waals surface area contributed by atoms with Crippen molar-refractivity contribution in [3.05, 3.63) is 70.5 Å². The fraction of sp³-hybridized carbons (Fsp3) is 0.238. The molecular weight excluding hydrogens is 375 g/mol.